The number of rotatable bonds is 7. The number of hydrogen-bond donors (Lipinski definition) is 1. The highest BCUT2D eigenvalue weighted by atomic mass is 15.2. The van der Waals surface area contributed by atoms with Crippen molar-refractivity contribution >= 4 is 0 Å². The second-order valence-electron chi connectivity index (χ2n) is 6.08. The molecule has 1 fully saturated rings. The molecule has 3 atom stereocenters. The molecular weight excluding hydrogens is 220 g/mol. The zero-order valence-corrected chi connectivity index (χ0v) is 13.2. The molecule has 108 valence electrons. The molecule has 1 aliphatic heterocycles. The van der Waals surface area contributed by atoms with Gasteiger partial charge in [-0.2, -0.15) is 0 Å². The Balaban J connectivity index is 2.46. The second kappa shape index (κ2) is 8.16. The second-order valence-corrected chi connectivity index (χ2v) is 6.08. The molecule has 1 N–H and O–H groups in total. The van der Waals surface area contributed by atoms with E-state index in [-0.39, 0.29) is 0 Å². The van der Waals surface area contributed by atoms with E-state index in [4.69, 9.17) is 0 Å². The van der Waals surface area contributed by atoms with Gasteiger partial charge in [-0.1, -0.05) is 33.6 Å². The molecule has 0 spiro atoms. The van der Waals surface area contributed by atoms with Crippen LogP contribution in [0.1, 0.15) is 66.7 Å². The fraction of sp³-hybridized carbons (Fsp3) is 1.00. The highest BCUT2D eigenvalue weighted by Gasteiger charge is 2.30. The first-order chi connectivity index (χ1) is 8.63. The quantitative estimate of drug-likeness (QED) is 0.746. The van der Waals surface area contributed by atoms with Crippen molar-refractivity contribution < 1.29 is 0 Å². The van der Waals surface area contributed by atoms with Crippen LogP contribution < -0.4 is 5.32 Å². The first kappa shape index (κ1) is 16.0. The van der Waals surface area contributed by atoms with Crippen LogP contribution in [0.15, 0.2) is 0 Å². The van der Waals surface area contributed by atoms with Crippen LogP contribution in [0.4, 0.5) is 0 Å². The fourth-order valence-electron chi connectivity index (χ4n) is 3.57. The molecule has 2 nitrogen and oxygen atoms in total. The van der Waals surface area contributed by atoms with E-state index in [1.807, 2.05) is 0 Å². The number of piperidine rings is 1. The standard InChI is InChI=1S/C16H34N2/c1-6-10-17-16-9-11-18(13(4)12-16)14(5)15(7-2)8-3/h13-17H,6-12H2,1-5H3. The maximum absolute atomic E-state index is 3.69. The summed E-state index contributed by atoms with van der Waals surface area (Å²) < 4.78 is 0. The third kappa shape index (κ3) is 4.24. The van der Waals surface area contributed by atoms with Crippen LogP contribution in [-0.2, 0) is 0 Å². The summed E-state index contributed by atoms with van der Waals surface area (Å²) in [6.45, 7) is 14.2. The predicted molar refractivity (Wildman–Crippen MR) is 81.0 cm³/mol. The number of likely N-dealkylation sites (tertiary alicyclic amines) is 1. The monoisotopic (exact) mass is 254 g/mol. The molecule has 1 heterocycles. The summed E-state index contributed by atoms with van der Waals surface area (Å²) in [4.78, 5) is 2.75. The SMILES string of the molecule is CCCNC1CCN(C(C)C(CC)CC)C(C)C1. The fourth-order valence-corrected chi connectivity index (χ4v) is 3.57. The number of nitrogens with zero attached hydrogens (tertiary/aromatic N) is 1. The van der Waals surface area contributed by atoms with E-state index in [9.17, 15) is 0 Å². The van der Waals surface area contributed by atoms with Crippen LogP contribution in [0.2, 0.25) is 0 Å². The lowest BCUT2D eigenvalue weighted by Gasteiger charge is -2.44. The van der Waals surface area contributed by atoms with Crippen molar-refractivity contribution in [1.29, 1.82) is 0 Å². The molecule has 2 heteroatoms. The van der Waals surface area contributed by atoms with Gasteiger partial charge in [0.1, 0.15) is 0 Å². The van der Waals surface area contributed by atoms with E-state index in [1.54, 1.807) is 0 Å². The summed E-state index contributed by atoms with van der Waals surface area (Å²) in [5.41, 5.74) is 0. The van der Waals surface area contributed by atoms with Gasteiger partial charge < -0.3 is 5.32 Å². The zero-order valence-electron chi connectivity index (χ0n) is 13.2. The van der Waals surface area contributed by atoms with Gasteiger partial charge in [-0.3, -0.25) is 4.90 Å². The average Bonchev–Trinajstić information content (AvgIpc) is 2.37. The van der Waals surface area contributed by atoms with Crippen molar-refractivity contribution in [3.63, 3.8) is 0 Å². The Bertz CT molecular complexity index is 213. The van der Waals surface area contributed by atoms with Gasteiger partial charge >= 0.3 is 0 Å². The van der Waals surface area contributed by atoms with E-state index in [0.717, 1.165) is 24.0 Å². The molecule has 0 aromatic heterocycles. The summed E-state index contributed by atoms with van der Waals surface area (Å²) >= 11 is 0. The number of hydrogen-bond acceptors (Lipinski definition) is 2. The lowest BCUT2D eigenvalue weighted by atomic mass is 9.89. The largest absolute Gasteiger partial charge is 0.314 e. The molecule has 0 aromatic rings. The van der Waals surface area contributed by atoms with E-state index in [2.05, 4.69) is 44.8 Å². The van der Waals surface area contributed by atoms with Crippen molar-refractivity contribution in [2.45, 2.75) is 84.8 Å². The Kier molecular flexibility index (Phi) is 7.25. The smallest absolute Gasteiger partial charge is 0.00978 e. The maximum atomic E-state index is 3.69. The lowest BCUT2D eigenvalue weighted by molar-refractivity contribution is 0.0631. The van der Waals surface area contributed by atoms with Crippen molar-refractivity contribution in [1.82, 2.24) is 10.2 Å². The Hall–Kier alpha value is -0.0800. The van der Waals surface area contributed by atoms with Gasteiger partial charge in [0.05, 0.1) is 0 Å². The molecule has 0 aliphatic carbocycles. The van der Waals surface area contributed by atoms with Crippen molar-refractivity contribution in [2.24, 2.45) is 5.92 Å². The Morgan fingerprint density at radius 2 is 1.89 bits per heavy atom. The van der Waals surface area contributed by atoms with Gasteiger partial charge in [0.25, 0.3) is 0 Å². The van der Waals surface area contributed by atoms with Crippen LogP contribution in [0, 0.1) is 5.92 Å². The molecule has 0 saturated carbocycles. The van der Waals surface area contributed by atoms with Crippen LogP contribution >= 0.6 is 0 Å². The summed E-state index contributed by atoms with van der Waals surface area (Å²) in [5, 5.41) is 3.69. The van der Waals surface area contributed by atoms with Crippen LogP contribution in [0.25, 0.3) is 0 Å². The summed E-state index contributed by atoms with van der Waals surface area (Å²) in [5.74, 6) is 0.868. The average molecular weight is 254 g/mol. The molecule has 1 aliphatic rings. The van der Waals surface area contributed by atoms with E-state index in [1.165, 1.54) is 45.2 Å². The van der Waals surface area contributed by atoms with Gasteiger partial charge in [-0.15, -0.1) is 0 Å². The van der Waals surface area contributed by atoms with Gasteiger partial charge in [0, 0.05) is 24.7 Å². The van der Waals surface area contributed by atoms with E-state index in [0.29, 0.717) is 0 Å². The number of nitrogens with one attached hydrogen (secondary N) is 1. The van der Waals surface area contributed by atoms with E-state index >= 15 is 0 Å². The van der Waals surface area contributed by atoms with Crippen molar-refractivity contribution in [3.8, 4) is 0 Å². The molecular formula is C16H34N2. The molecule has 0 radical (unpaired) electrons. The third-order valence-electron chi connectivity index (χ3n) is 4.86. The molecule has 0 amide bonds. The summed E-state index contributed by atoms with van der Waals surface area (Å²) in [6, 6.07) is 2.25. The molecule has 0 aromatic carbocycles. The first-order valence-electron chi connectivity index (χ1n) is 8.13. The summed E-state index contributed by atoms with van der Waals surface area (Å²) in [6.07, 6.45) is 6.54. The maximum Gasteiger partial charge on any atom is 0.00978 e. The topological polar surface area (TPSA) is 15.3 Å². The minimum absolute atomic E-state index is 0.740. The van der Waals surface area contributed by atoms with Crippen LogP contribution in [0.5, 0.6) is 0 Å². The third-order valence-corrected chi connectivity index (χ3v) is 4.86. The van der Waals surface area contributed by atoms with Crippen LogP contribution in [-0.4, -0.2) is 36.1 Å². The Morgan fingerprint density at radius 1 is 1.22 bits per heavy atom. The van der Waals surface area contributed by atoms with Crippen LogP contribution in [0.3, 0.4) is 0 Å². The highest BCUT2D eigenvalue weighted by molar-refractivity contribution is 4.87. The zero-order chi connectivity index (χ0) is 13.5. The Labute approximate surface area is 115 Å². The molecule has 0 bridgehead atoms. The Morgan fingerprint density at radius 3 is 2.39 bits per heavy atom. The highest BCUT2D eigenvalue weighted by Crippen LogP contribution is 2.26. The van der Waals surface area contributed by atoms with Crippen molar-refractivity contribution in [3.05, 3.63) is 0 Å². The lowest BCUT2D eigenvalue weighted by Crippen LogP contribution is -2.52. The molecule has 1 saturated heterocycles. The van der Waals surface area contributed by atoms with Crippen molar-refractivity contribution in [2.75, 3.05) is 13.1 Å². The molecule has 3 unspecified atom stereocenters. The minimum atomic E-state index is 0.740. The van der Waals surface area contributed by atoms with E-state index < -0.39 is 0 Å². The normalized spacial score (nSPS) is 27.7. The predicted octanol–water partition coefficient (Wildman–Crippen LogP) is 3.66. The van der Waals surface area contributed by atoms with Gasteiger partial charge in [0.15, 0.2) is 0 Å². The summed E-state index contributed by atoms with van der Waals surface area (Å²) in [7, 11) is 0. The van der Waals surface area contributed by atoms with Gasteiger partial charge in [0.2, 0.25) is 0 Å². The minimum Gasteiger partial charge on any atom is -0.314 e. The molecule has 1 rings (SSSR count). The van der Waals surface area contributed by atoms with Gasteiger partial charge in [-0.05, 0) is 45.6 Å². The van der Waals surface area contributed by atoms with Gasteiger partial charge in [-0.25, -0.2) is 0 Å². The first-order valence-corrected chi connectivity index (χ1v) is 8.13. The molecule has 18 heavy (non-hydrogen) atoms.